The molecule has 2 aromatic rings. The highest BCUT2D eigenvalue weighted by Gasteiger charge is 2.27. The van der Waals surface area contributed by atoms with Crippen LogP contribution in [0.15, 0.2) is 59.0 Å². The molecule has 0 aliphatic heterocycles. The third kappa shape index (κ3) is 8.20. The number of hydrogen-bond acceptors (Lipinski definition) is 7. The van der Waals surface area contributed by atoms with Crippen molar-refractivity contribution in [2.45, 2.75) is 66.0 Å². The predicted octanol–water partition coefficient (Wildman–Crippen LogP) is 3.16. The van der Waals surface area contributed by atoms with E-state index in [1.165, 1.54) is 18.5 Å². The van der Waals surface area contributed by atoms with Crippen LogP contribution in [0.25, 0.3) is 0 Å². The van der Waals surface area contributed by atoms with Gasteiger partial charge in [0.1, 0.15) is 29.4 Å². The van der Waals surface area contributed by atoms with Crippen LogP contribution in [0, 0.1) is 12.7 Å². The first-order chi connectivity index (χ1) is 18.4. The molecule has 0 radical (unpaired) electrons. The summed E-state index contributed by atoms with van der Waals surface area (Å²) < 4.78 is 13.5. The molecule has 1 aliphatic rings. The summed E-state index contributed by atoms with van der Waals surface area (Å²) in [6.07, 6.45) is 8.01. The van der Waals surface area contributed by atoms with Gasteiger partial charge < -0.3 is 21.9 Å². The fourth-order valence-electron chi connectivity index (χ4n) is 3.98. The first-order valence-corrected chi connectivity index (χ1v) is 12.6. The van der Waals surface area contributed by atoms with Gasteiger partial charge in [-0.2, -0.15) is 5.10 Å². The van der Waals surface area contributed by atoms with Crippen molar-refractivity contribution in [3.8, 4) is 0 Å². The van der Waals surface area contributed by atoms with Crippen molar-refractivity contribution in [2.75, 3.05) is 0 Å². The number of aromatic nitrogens is 2. The normalized spacial score (nSPS) is 17.1. The minimum atomic E-state index is -0.461. The molecule has 2 amide bonds. The number of nitrogens with two attached hydrogens (primary N) is 2. The van der Waals surface area contributed by atoms with Gasteiger partial charge in [0.25, 0.3) is 11.8 Å². The molecule has 10 nitrogen and oxygen atoms in total. The average Bonchev–Trinajstić information content (AvgIpc) is 3.31. The highest BCUT2D eigenvalue weighted by atomic mass is 19.1. The molecule has 1 unspecified atom stereocenters. The van der Waals surface area contributed by atoms with E-state index in [0.29, 0.717) is 17.8 Å². The molecule has 38 heavy (non-hydrogen) atoms. The monoisotopic (exact) mass is 524 g/mol. The van der Waals surface area contributed by atoms with Crippen LogP contribution < -0.4 is 27.7 Å². The standard InChI is InChI=1S/C25H31FN8O2.C2H6/c1-3-4-18-17(7-10-23(33-27)34-28)6-9-20(18)32-25(36)22-12-21(30-14-31-22)24(35)29-13-16-5-8-19(26)15(2)11-16;1-2/h4-5,7-8,11-12,14,20H,3,6,9-10,13,27-28H2,1-2H3,(H,29,35)(H,32,36)(H,33,34);1-2H3/b17-7-,18-4+;. The number of nitrogens with zero attached hydrogens (tertiary/aromatic N) is 3. The number of benzene rings is 1. The Morgan fingerprint density at radius 3 is 2.50 bits per heavy atom. The number of nitrogens with one attached hydrogen (secondary N) is 3. The fourth-order valence-corrected chi connectivity index (χ4v) is 3.98. The Balaban J connectivity index is 0.00000247. The summed E-state index contributed by atoms with van der Waals surface area (Å²) in [4.78, 5) is 33.6. The Morgan fingerprint density at radius 2 is 1.87 bits per heavy atom. The van der Waals surface area contributed by atoms with Crippen molar-refractivity contribution in [3.05, 3.63) is 82.2 Å². The molecular formula is C27H37FN8O2. The number of hydrazine groups is 1. The van der Waals surface area contributed by atoms with Crippen molar-refractivity contribution in [1.82, 2.24) is 26.0 Å². The van der Waals surface area contributed by atoms with Gasteiger partial charge >= 0.3 is 0 Å². The molecule has 1 aliphatic carbocycles. The molecule has 1 fully saturated rings. The van der Waals surface area contributed by atoms with Crippen molar-refractivity contribution in [2.24, 2.45) is 16.8 Å². The maximum atomic E-state index is 13.5. The molecular weight excluding hydrogens is 487 g/mol. The van der Waals surface area contributed by atoms with Gasteiger partial charge in [-0.1, -0.05) is 45.1 Å². The van der Waals surface area contributed by atoms with Gasteiger partial charge in [0.15, 0.2) is 0 Å². The Hall–Kier alpha value is -4.12. The lowest BCUT2D eigenvalue weighted by Crippen LogP contribution is -2.35. The lowest BCUT2D eigenvalue weighted by molar-refractivity contribution is 0.0938. The van der Waals surface area contributed by atoms with E-state index in [4.69, 9.17) is 11.7 Å². The highest BCUT2D eigenvalue weighted by molar-refractivity contribution is 5.97. The van der Waals surface area contributed by atoms with Crippen LogP contribution in [0.3, 0.4) is 0 Å². The molecule has 204 valence electrons. The van der Waals surface area contributed by atoms with Crippen LogP contribution in [-0.2, 0) is 6.54 Å². The second-order valence-corrected chi connectivity index (χ2v) is 8.34. The SMILES string of the molecule is CC.CC/C=C1\C(=C/C/C(=N/N)NN)CCC1NC(=O)c1cc(C(=O)NCc2ccc(F)c(C)c2)ncn1. The van der Waals surface area contributed by atoms with Crippen LogP contribution in [-0.4, -0.2) is 33.7 Å². The average molecular weight is 525 g/mol. The van der Waals surface area contributed by atoms with Crippen molar-refractivity contribution < 1.29 is 14.0 Å². The Kier molecular flexibility index (Phi) is 12.0. The Bertz CT molecular complexity index is 1210. The van der Waals surface area contributed by atoms with Crippen LogP contribution >= 0.6 is 0 Å². The zero-order chi connectivity index (χ0) is 28.1. The second kappa shape index (κ2) is 15.2. The zero-order valence-electron chi connectivity index (χ0n) is 22.3. The van der Waals surface area contributed by atoms with E-state index in [1.807, 2.05) is 26.8 Å². The molecule has 0 saturated heterocycles. The molecule has 1 saturated carbocycles. The number of hydrogen-bond donors (Lipinski definition) is 5. The lowest BCUT2D eigenvalue weighted by Gasteiger charge is -2.15. The summed E-state index contributed by atoms with van der Waals surface area (Å²) in [5, 5.41) is 9.33. The summed E-state index contributed by atoms with van der Waals surface area (Å²) in [6.45, 7) is 7.88. The number of allylic oxidation sites excluding steroid dienone is 1. The first-order valence-electron chi connectivity index (χ1n) is 12.6. The largest absolute Gasteiger partial charge is 0.347 e. The van der Waals surface area contributed by atoms with Crippen LogP contribution in [0.4, 0.5) is 4.39 Å². The van der Waals surface area contributed by atoms with Crippen molar-refractivity contribution >= 4 is 17.6 Å². The summed E-state index contributed by atoms with van der Waals surface area (Å²) in [5.41, 5.74) is 5.97. The van der Waals surface area contributed by atoms with E-state index in [-0.39, 0.29) is 29.8 Å². The number of rotatable bonds is 8. The van der Waals surface area contributed by atoms with E-state index >= 15 is 0 Å². The second-order valence-electron chi connectivity index (χ2n) is 8.34. The van der Waals surface area contributed by atoms with Crippen molar-refractivity contribution in [1.29, 1.82) is 0 Å². The third-order valence-electron chi connectivity index (χ3n) is 5.85. The number of hydrazone groups is 1. The maximum absolute atomic E-state index is 13.5. The fraction of sp³-hybridized carbons (Fsp3) is 0.370. The van der Waals surface area contributed by atoms with E-state index in [0.717, 1.165) is 36.0 Å². The molecule has 11 heteroatoms. The Labute approximate surface area is 222 Å². The van der Waals surface area contributed by atoms with Crippen LogP contribution in [0.5, 0.6) is 0 Å². The van der Waals surface area contributed by atoms with E-state index in [1.54, 1.807) is 19.1 Å². The van der Waals surface area contributed by atoms with Crippen LogP contribution in [0.1, 0.15) is 78.6 Å². The summed E-state index contributed by atoms with van der Waals surface area (Å²) in [7, 11) is 0. The first kappa shape index (κ1) is 30.1. The molecule has 0 spiro atoms. The van der Waals surface area contributed by atoms with Crippen molar-refractivity contribution in [3.63, 3.8) is 0 Å². The van der Waals surface area contributed by atoms with Crippen LogP contribution in [0.2, 0.25) is 0 Å². The van der Waals surface area contributed by atoms with Gasteiger partial charge in [-0.15, -0.1) is 0 Å². The molecule has 1 aromatic carbocycles. The van der Waals surface area contributed by atoms with E-state index in [2.05, 4.69) is 37.2 Å². The number of halogens is 1. The quantitative estimate of drug-likeness (QED) is 0.153. The zero-order valence-corrected chi connectivity index (χ0v) is 22.3. The number of carbonyl (C=O) groups excluding carboxylic acids is 2. The van der Waals surface area contributed by atoms with Gasteiger partial charge in [0.05, 0.1) is 6.04 Å². The molecule has 0 bridgehead atoms. The number of carbonyl (C=O) groups is 2. The smallest absolute Gasteiger partial charge is 0.270 e. The third-order valence-corrected chi connectivity index (χ3v) is 5.85. The summed E-state index contributed by atoms with van der Waals surface area (Å²) >= 11 is 0. The lowest BCUT2D eigenvalue weighted by atomic mass is 10.0. The molecule has 7 N–H and O–H groups in total. The topological polar surface area (TPSA) is 160 Å². The number of aryl methyl sites for hydroxylation is 1. The molecule has 1 heterocycles. The Morgan fingerprint density at radius 1 is 1.16 bits per heavy atom. The van der Waals surface area contributed by atoms with Gasteiger partial charge in [-0.3, -0.25) is 9.59 Å². The number of amides is 2. The summed E-state index contributed by atoms with van der Waals surface area (Å²) in [5.74, 6) is 9.98. The minimum Gasteiger partial charge on any atom is -0.347 e. The number of amidine groups is 1. The maximum Gasteiger partial charge on any atom is 0.270 e. The summed E-state index contributed by atoms with van der Waals surface area (Å²) in [6, 6.07) is 5.78. The van der Waals surface area contributed by atoms with Gasteiger partial charge in [0.2, 0.25) is 0 Å². The highest BCUT2D eigenvalue weighted by Crippen LogP contribution is 2.32. The minimum absolute atomic E-state index is 0.0631. The van der Waals surface area contributed by atoms with E-state index < -0.39 is 11.8 Å². The van der Waals surface area contributed by atoms with E-state index in [9.17, 15) is 14.0 Å². The van der Waals surface area contributed by atoms with Gasteiger partial charge in [-0.05, 0) is 54.5 Å². The predicted molar refractivity (Wildman–Crippen MR) is 146 cm³/mol. The molecule has 3 rings (SSSR count). The van der Waals surface area contributed by atoms with Gasteiger partial charge in [-0.25, -0.2) is 20.2 Å². The molecule has 1 atom stereocenters. The van der Waals surface area contributed by atoms with Gasteiger partial charge in [0, 0.05) is 19.0 Å². The molecule has 1 aromatic heterocycles.